The minimum absolute atomic E-state index is 0.00693. The van der Waals surface area contributed by atoms with Crippen LogP contribution >= 0.6 is 0 Å². The van der Waals surface area contributed by atoms with E-state index in [9.17, 15) is 35.7 Å². The normalized spacial score (nSPS) is 31.8. The fourth-order valence-electron chi connectivity index (χ4n) is 5.19. The quantitative estimate of drug-likeness (QED) is 0.0533. The fraction of sp³-hybridized carbons (Fsp3) is 1.00. The molecule has 0 spiro atoms. The van der Waals surface area contributed by atoms with Crippen molar-refractivity contribution in [3.8, 4) is 0 Å². The molecule has 0 bridgehead atoms. The summed E-state index contributed by atoms with van der Waals surface area (Å²) < 4.78 is 43.9. The summed E-state index contributed by atoms with van der Waals surface area (Å²) >= 11 is 0. The lowest BCUT2D eigenvalue weighted by molar-refractivity contribution is -0.359. The highest BCUT2D eigenvalue weighted by molar-refractivity contribution is 4.94. The molecule has 2 fully saturated rings. The summed E-state index contributed by atoms with van der Waals surface area (Å²) in [5.74, 6) is 0. The summed E-state index contributed by atoms with van der Waals surface area (Å²) in [6, 6.07) is 0. The second-order valence-electron chi connectivity index (χ2n) is 11.7. The SMILES string of the molecule is CCCCCCCCCCCOCCOCCOCCOCCO[C@@H]1OC(CO)[C@@H](O[C@@H]2OC(CO)[C@H](O)C(O)C2O)C(O)C1O. The van der Waals surface area contributed by atoms with E-state index in [0.717, 1.165) is 13.0 Å². The molecule has 2 aliphatic heterocycles. The van der Waals surface area contributed by atoms with Gasteiger partial charge in [0, 0.05) is 6.61 Å². The first-order chi connectivity index (χ1) is 22.3. The Balaban J connectivity index is 1.46. The molecule has 0 radical (unpaired) electrons. The highest BCUT2D eigenvalue weighted by atomic mass is 16.7. The molecule has 2 aliphatic rings. The summed E-state index contributed by atoms with van der Waals surface area (Å²) in [5, 5.41) is 70.4. The average Bonchev–Trinajstić information content (AvgIpc) is 3.06. The van der Waals surface area contributed by atoms with Gasteiger partial charge in [-0.05, 0) is 6.42 Å². The van der Waals surface area contributed by atoms with Crippen LogP contribution in [0.15, 0.2) is 0 Å². The highest BCUT2D eigenvalue weighted by Gasteiger charge is 2.50. The maximum Gasteiger partial charge on any atom is 0.187 e. The molecular weight excluding hydrogens is 612 g/mol. The lowest BCUT2D eigenvalue weighted by Crippen LogP contribution is -2.64. The third-order valence-electron chi connectivity index (χ3n) is 7.98. The van der Waals surface area contributed by atoms with Gasteiger partial charge in [0.25, 0.3) is 0 Å². The highest BCUT2D eigenvalue weighted by Crippen LogP contribution is 2.29. The van der Waals surface area contributed by atoms with E-state index in [1.807, 2.05) is 0 Å². The van der Waals surface area contributed by atoms with E-state index in [2.05, 4.69) is 6.92 Å². The van der Waals surface area contributed by atoms with Crippen LogP contribution in [0.4, 0.5) is 0 Å². The Morgan fingerprint density at radius 1 is 0.457 bits per heavy atom. The van der Waals surface area contributed by atoms with Crippen LogP contribution in [0.5, 0.6) is 0 Å². The fourth-order valence-corrected chi connectivity index (χ4v) is 5.19. The molecule has 0 aromatic heterocycles. The monoisotopic (exact) mass is 672 g/mol. The third-order valence-corrected chi connectivity index (χ3v) is 7.98. The topological polar surface area (TPSA) is 215 Å². The lowest BCUT2D eigenvalue weighted by Gasteiger charge is -2.45. The van der Waals surface area contributed by atoms with Crippen LogP contribution < -0.4 is 0 Å². The van der Waals surface area contributed by atoms with Crippen LogP contribution in [0.1, 0.15) is 64.7 Å². The van der Waals surface area contributed by atoms with Crippen molar-refractivity contribution in [3.63, 3.8) is 0 Å². The van der Waals surface area contributed by atoms with Gasteiger partial charge in [-0.25, -0.2) is 0 Å². The van der Waals surface area contributed by atoms with E-state index in [0.29, 0.717) is 39.6 Å². The Morgan fingerprint density at radius 3 is 1.46 bits per heavy atom. The van der Waals surface area contributed by atoms with Crippen LogP contribution in [-0.2, 0) is 37.9 Å². The predicted octanol–water partition coefficient (Wildman–Crippen LogP) is -0.776. The summed E-state index contributed by atoms with van der Waals surface area (Å²) in [6.45, 7) is 4.47. The molecule has 7 N–H and O–H groups in total. The Bertz CT molecular complexity index is 717. The second kappa shape index (κ2) is 25.4. The number of aliphatic hydroxyl groups is 7. The van der Waals surface area contributed by atoms with E-state index < -0.39 is 74.6 Å². The van der Waals surface area contributed by atoms with E-state index in [1.165, 1.54) is 51.4 Å². The standard InChI is InChI=1S/C31H60O15/c1-2-3-4-5-6-7-8-9-10-11-39-12-13-40-14-15-41-16-17-42-18-19-43-30-28(38)26(36)29(23(21-33)45-30)46-31-27(37)25(35)24(34)22(20-32)44-31/h22-38H,2-21H2,1H3/t22?,23?,24-,25?,26?,27?,28?,29+,30+,31-/m0/s1. The summed E-state index contributed by atoms with van der Waals surface area (Å²) in [7, 11) is 0. The van der Waals surface area contributed by atoms with Crippen molar-refractivity contribution in [1.82, 2.24) is 0 Å². The van der Waals surface area contributed by atoms with Crippen molar-refractivity contribution in [3.05, 3.63) is 0 Å². The van der Waals surface area contributed by atoms with Crippen molar-refractivity contribution in [1.29, 1.82) is 0 Å². The molecule has 0 amide bonds. The van der Waals surface area contributed by atoms with Crippen molar-refractivity contribution in [2.24, 2.45) is 0 Å². The van der Waals surface area contributed by atoms with Gasteiger partial charge < -0.3 is 73.6 Å². The molecule has 15 nitrogen and oxygen atoms in total. The molecule has 0 saturated carbocycles. The van der Waals surface area contributed by atoms with Crippen molar-refractivity contribution < 1.29 is 73.6 Å². The summed E-state index contributed by atoms with van der Waals surface area (Å²) in [5.41, 5.74) is 0. The molecule has 2 heterocycles. The minimum Gasteiger partial charge on any atom is -0.394 e. The van der Waals surface area contributed by atoms with E-state index in [-0.39, 0.29) is 13.2 Å². The Hall–Kier alpha value is -0.600. The van der Waals surface area contributed by atoms with Crippen LogP contribution in [-0.4, -0.2) is 170 Å². The first-order valence-corrected chi connectivity index (χ1v) is 16.9. The molecular formula is C31H60O15. The Morgan fingerprint density at radius 2 is 0.913 bits per heavy atom. The van der Waals surface area contributed by atoms with Crippen molar-refractivity contribution in [2.75, 3.05) is 72.7 Å². The van der Waals surface area contributed by atoms with Gasteiger partial charge in [-0.15, -0.1) is 0 Å². The predicted molar refractivity (Wildman–Crippen MR) is 163 cm³/mol. The zero-order chi connectivity index (χ0) is 33.6. The Kier molecular flexibility index (Phi) is 22.9. The van der Waals surface area contributed by atoms with Gasteiger partial charge >= 0.3 is 0 Å². The summed E-state index contributed by atoms with van der Waals surface area (Å²) in [6.07, 6.45) is -3.37. The van der Waals surface area contributed by atoms with Crippen LogP contribution in [0, 0.1) is 0 Å². The third kappa shape index (κ3) is 15.3. The van der Waals surface area contributed by atoms with E-state index >= 15 is 0 Å². The first kappa shape index (κ1) is 41.6. The number of rotatable bonds is 27. The largest absolute Gasteiger partial charge is 0.394 e. The molecule has 15 heteroatoms. The lowest BCUT2D eigenvalue weighted by atomic mass is 9.97. The molecule has 10 atom stereocenters. The van der Waals surface area contributed by atoms with Gasteiger partial charge in [-0.3, -0.25) is 0 Å². The second-order valence-corrected chi connectivity index (χ2v) is 11.7. The van der Waals surface area contributed by atoms with Gasteiger partial charge in [0.15, 0.2) is 12.6 Å². The number of aliphatic hydroxyl groups excluding tert-OH is 7. The molecule has 6 unspecified atom stereocenters. The van der Waals surface area contributed by atoms with Crippen molar-refractivity contribution in [2.45, 2.75) is 126 Å². The zero-order valence-corrected chi connectivity index (χ0v) is 27.3. The molecule has 0 aromatic rings. The van der Waals surface area contributed by atoms with Crippen LogP contribution in [0.3, 0.4) is 0 Å². The molecule has 0 aliphatic carbocycles. The number of unbranched alkanes of at least 4 members (excludes halogenated alkanes) is 8. The summed E-state index contributed by atoms with van der Waals surface area (Å²) in [4.78, 5) is 0. The molecule has 2 saturated heterocycles. The van der Waals surface area contributed by atoms with Gasteiger partial charge in [-0.1, -0.05) is 58.3 Å². The molecule has 2 rings (SSSR count). The van der Waals surface area contributed by atoms with Gasteiger partial charge in [0.2, 0.25) is 0 Å². The van der Waals surface area contributed by atoms with Gasteiger partial charge in [0.05, 0.1) is 66.1 Å². The smallest absolute Gasteiger partial charge is 0.187 e. The average molecular weight is 673 g/mol. The number of hydrogen-bond donors (Lipinski definition) is 7. The maximum atomic E-state index is 10.6. The first-order valence-electron chi connectivity index (χ1n) is 16.9. The van der Waals surface area contributed by atoms with Gasteiger partial charge in [-0.2, -0.15) is 0 Å². The van der Waals surface area contributed by atoms with Gasteiger partial charge in [0.1, 0.15) is 48.8 Å². The van der Waals surface area contributed by atoms with E-state index in [1.54, 1.807) is 0 Å². The van der Waals surface area contributed by atoms with Crippen LogP contribution in [0.2, 0.25) is 0 Å². The maximum absolute atomic E-state index is 10.6. The minimum atomic E-state index is -1.73. The molecule has 0 aromatic carbocycles. The zero-order valence-electron chi connectivity index (χ0n) is 27.3. The molecule has 274 valence electrons. The number of ether oxygens (including phenoxy) is 8. The number of hydrogen-bond acceptors (Lipinski definition) is 15. The Labute approximate surface area is 272 Å². The molecule has 46 heavy (non-hydrogen) atoms. The van der Waals surface area contributed by atoms with Crippen molar-refractivity contribution >= 4 is 0 Å². The van der Waals surface area contributed by atoms with Crippen LogP contribution in [0.25, 0.3) is 0 Å². The van der Waals surface area contributed by atoms with E-state index in [4.69, 9.17) is 37.9 Å².